The van der Waals surface area contributed by atoms with Crippen molar-refractivity contribution >= 4 is 41.0 Å². The van der Waals surface area contributed by atoms with E-state index in [0.717, 1.165) is 29.5 Å². The van der Waals surface area contributed by atoms with Gasteiger partial charge in [0.1, 0.15) is 5.82 Å². The number of pyridine rings is 1. The van der Waals surface area contributed by atoms with Gasteiger partial charge in [-0.3, -0.25) is 14.4 Å². The maximum absolute atomic E-state index is 13.1. The van der Waals surface area contributed by atoms with E-state index in [1.54, 1.807) is 11.1 Å². The van der Waals surface area contributed by atoms with Crippen LogP contribution in [0.15, 0.2) is 53.6 Å². The number of nitrogens with one attached hydrogen (secondary N) is 1. The second-order valence-corrected chi connectivity index (χ2v) is 9.73. The molecule has 0 radical (unpaired) electrons. The molecule has 0 aliphatic carbocycles. The first kappa shape index (κ1) is 21.8. The van der Waals surface area contributed by atoms with Crippen LogP contribution in [0, 0.1) is 5.92 Å². The highest BCUT2D eigenvalue weighted by molar-refractivity contribution is 8.01. The SMILES string of the molecule is O=C1Nc2ccccc2S[C@@H]1C(=O)N1CCC(C(=O)N2CCN(c3ccccn3)CC2)CC1. The zero-order valence-electron chi connectivity index (χ0n) is 18.4. The summed E-state index contributed by atoms with van der Waals surface area (Å²) in [7, 11) is 0. The predicted molar refractivity (Wildman–Crippen MR) is 127 cm³/mol. The number of amides is 3. The number of thioether (sulfide) groups is 1. The summed E-state index contributed by atoms with van der Waals surface area (Å²) in [5.74, 6) is 0.628. The van der Waals surface area contributed by atoms with E-state index < -0.39 is 5.25 Å². The molecule has 1 aromatic carbocycles. The van der Waals surface area contributed by atoms with Crippen molar-refractivity contribution in [1.29, 1.82) is 0 Å². The number of hydrogen-bond acceptors (Lipinski definition) is 6. The van der Waals surface area contributed by atoms with Crippen LogP contribution >= 0.6 is 11.8 Å². The van der Waals surface area contributed by atoms with Gasteiger partial charge >= 0.3 is 0 Å². The Labute approximate surface area is 197 Å². The maximum atomic E-state index is 13.1. The summed E-state index contributed by atoms with van der Waals surface area (Å²) in [5, 5.41) is 2.07. The van der Waals surface area contributed by atoms with Gasteiger partial charge in [-0.25, -0.2) is 4.98 Å². The van der Waals surface area contributed by atoms with Crippen LogP contribution in [0.2, 0.25) is 0 Å². The van der Waals surface area contributed by atoms with E-state index in [1.165, 1.54) is 11.8 Å². The number of fused-ring (bicyclic) bond motifs is 1. The van der Waals surface area contributed by atoms with Crippen LogP contribution in [0.5, 0.6) is 0 Å². The quantitative estimate of drug-likeness (QED) is 0.699. The van der Waals surface area contributed by atoms with Crippen molar-refractivity contribution < 1.29 is 14.4 Å². The van der Waals surface area contributed by atoms with Gasteiger partial charge in [0.15, 0.2) is 5.25 Å². The fourth-order valence-corrected chi connectivity index (χ4v) is 5.75. The minimum Gasteiger partial charge on any atom is -0.353 e. The molecule has 0 unspecified atom stereocenters. The monoisotopic (exact) mass is 465 g/mol. The van der Waals surface area contributed by atoms with Gasteiger partial charge in [-0.05, 0) is 37.1 Å². The summed E-state index contributed by atoms with van der Waals surface area (Å²) < 4.78 is 0. The minimum atomic E-state index is -0.771. The summed E-state index contributed by atoms with van der Waals surface area (Å²) in [4.78, 5) is 49.8. The molecule has 0 spiro atoms. The average molecular weight is 466 g/mol. The van der Waals surface area contributed by atoms with E-state index in [2.05, 4.69) is 15.2 Å². The Morgan fingerprint density at radius 2 is 1.58 bits per heavy atom. The van der Waals surface area contributed by atoms with Gasteiger partial charge in [0.25, 0.3) is 0 Å². The first-order valence-electron chi connectivity index (χ1n) is 11.4. The van der Waals surface area contributed by atoms with Gasteiger partial charge in [-0.1, -0.05) is 18.2 Å². The third-order valence-corrected chi connectivity index (χ3v) is 7.83. The fourth-order valence-electron chi connectivity index (χ4n) is 4.68. The number of rotatable bonds is 3. The highest BCUT2D eigenvalue weighted by atomic mass is 32.2. The third kappa shape index (κ3) is 4.55. The van der Waals surface area contributed by atoms with Crippen LogP contribution in [0.25, 0.3) is 0 Å². The molecule has 3 amide bonds. The average Bonchev–Trinajstić information content (AvgIpc) is 2.88. The molecule has 2 fully saturated rings. The van der Waals surface area contributed by atoms with E-state index in [-0.39, 0.29) is 23.6 Å². The fraction of sp³-hybridized carbons (Fsp3) is 0.417. The molecule has 1 atom stereocenters. The van der Waals surface area contributed by atoms with E-state index in [4.69, 9.17) is 0 Å². The minimum absolute atomic E-state index is 0.0657. The van der Waals surface area contributed by atoms with Crippen LogP contribution in [0.4, 0.5) is 11.5 Å². The van der Waals surface area contributed by atoms with Crippen molar-refractivity contribution in [3.8, 4) is 0 Å². The number of nitrogens with zero attached hydrogens (tertiary/aromatic N) is 4. The predicted octanol–water partition coefficient (Wildman–Crippen LogP) is 2.08. The summed E-state index contributed by atoms with van der Waals surface area (Å²) in [6, 6.07) is 13.4. The van der Waals surface area contributed by atoms with Crippen molar-refractivity contribution in [3.05, 3.63) is 48.7 Å². The number of carbonyl (C=O) groups is 3. The Balaban J connectivity index is 1.13. The Hall–Kier alpha value is -3.07. The summed E-state index contributed by atoms with van der Waals surface area (Å²) >= 11 is 1.31. The molecule has 1 N–H and O–H groups in total. The van der Waals surface area contributed by atoms with Crippen molar-refractivity contribution in [2.45, 2.75) is 23.0 Å². The largest absolute Gasteiger partial charge is 0.353 e. The lowest BCUT2D eigenvalue weighted by atomic mass is 9.94. The molecule has 1 aromatic heterocycles. The number of anilines is 2. The Morgan fingerprint density at radius 1 is 0.879 bits per heavy atom. The number of hydrogen-bond donors (Lipinski definition) is 1. The van der Waals surface area contributed by atoms with Crippen LogP contribution in [0.3, 0.4) is 0 Å². The third-order valence-electron chi connectivity index (χ3n) is 6.57. The molecule has 8 nitrogen and oxygen atoms in total. The van der Waals surface area contributed by atoms with E-state index in [1.807, 2.05) is 47.4 Å². The molecule has 2 aromatic rings. The molecule has 33 heavy (non-hydrogen) atoms. The van der Waals surface area contributed by atoms with E-state index in [9.17, 15) is 14.4 Å². The molecular formula is C24H27N5O3S. The molecule has 0 saturated carbocycles. The highest BCUT2D eigenvalue weighted by Crippen LogP contribution is 2.36. The zero-order chi connectivity index (χ0) is 22.8. The molecular weight excluding hydrogens is 438 g/mol. The van der Waals surface area contributed by atoms with Gasteiger partial charge in [0.05, 0.1) is 5.69 Å². The zero-order valence-corrected chi connectivity index (χ0v) is 19.2. The van der Waals surface area contributed by atoms with Crippen molar-refractivity contribution in [2.75, 3.05) is 49.5 Å². The number of para-hydroxylation sites is 1. The van der Waals surface area contributed by atoms with Crippen LogP contribution in [-0.4, -0.2) is 77.0 Å². The number of carbonyl (C=O) groups excluding carboxylic acids is 3. The molecule has 2 saturated heterocycles. The first-order chi connectivity index (χ1) is 16.1. The summed E-state index contributed by atoms with van der Waals surface area (Å²) in [5.41, 5.74) is 0.754. The Bertz CT molecular complexity index is 1030. The van der Waals surface area contributed by atoms with Crippen LogP contribution in [0.1, 0.15) is 12.8 Å². The lowest BCUT2D eigenvalue weighted by Gasteiger charge is -2.39. The van der Waals surface area contributed by atoms with Crippen molar-refractivity contribution in [2.24, 2.45) is 5.92 Å². The standard InChI is InChI=1S/C24H27N5O3S/c30-22-21(33-19-6-2-1-5-18(19)26-22)24(32)28-11-8-17(9-12-28)23(31)29-15-13-27(14-16-29)20-7-3-4-10-25-20/h1-7,10,17,21H,8-9,11-16H2,(H,26,30)/t21-/m0/s1. The number of piperidine rings is 1. The Kier molecular flexibility index (Phi) is 6.22. The van der Waals surface area contributed by atoms with Gasteiger partial charge in [0.2, 0.25) is 17.7 Å². The van der Waals surface area contributed by atoms with Gasteiger partial charge in [-0.15, -0.1) is 11.8 Å². The Morgan fingerprint density at radius 3 is 2.30 bits per heavy atom. The molecule has 3 aliphatic heterocycles. The lowest BCUT2D eigenvalue weighted by Crippen LogP contribution is -2.53. The van der Waals surface area contributed by atoms with Gasteiger partial charge in [0, 0.05) is 56.3 Å². The maximum Gasteiger partial charge on any atom is 0.247 e. The number of piperazine rings is 1. The van der Waals surface area contributed by atoms with Crippen molar-refractivity contribution in [3.63, 3.8) is 0 Å². The molecule has 0 bridgehead atoms. The van der Waals surface area contributed by atoms with Crippen LogP contribution in [-0.2, 0) is 14.4 Å². The number of aromatic nitrogens is 1. The second-order valence-electron chi connectivity index (χ2n) is 8.58. The number of benzene rings is 1. The van der Waals surface area contributed by atoms with Crippen molar-refractivity contribution in [1.82, 2.24) is 14.8 Å². The topological polar surface area (TPSA) is 85.8 Å². The highest BCUT2D eigenvalue weighted by Gasteiger charge is 2.38. The molecule has 3 aliphatic rings. The second kappa shape index (κ2) is 9.43. The summed E-state index contributed by atoms with van der Waals surface area (Å²) in [6.45, 7) is 3.94. The van der Waals surface area contributed by atoms with Crippen LogP contribution < -0.4 is 10.2 Å². The molecule has 4 heterocycles. The molecule has 5 rings (SSSR count). The lowest BCUT2D eigenvalue weighted by molar-refractivity contribution is -0.141. The first-order valence-corrected chi connectivity index (χ1v) is 12.3. The smallest absolute Gasteiger partial charge is 0.247 e. The number of likely N-dealkylation sites (tertiary alicyclic amines) is 1. The molecule has 9 heteroatoms. The van der Waals surface area contributed by atoms with E-state index >= 15 is 0 Å². The molecule has 172 valence electrons. The summed E-state index contributed by atoms with van der Waals surface area (Å²) in [6.07, 6.45) is 3.07. The van der Waals surface area contributed by atoms with Gasteiger partial charge in [-0.2, -0.15) is 0 Å². The normalized spacial score (nSPS) is 21.4. The van der Waals surface area contributed by atoms with E-state index in [0.29, 0.717) is 39.0 Å². The van der Waals surface area contributed by atoms with Gasteiger partial charge < -0.3 is 20.0 Å².